The van der Waals surface area contributed by atoms with Crippen molar-refractivity contribution >= 4 is 0 Å². The summed E-state index contributed by atoms with van der Waals surface area (Å²) in [5, 5.41) is 0. The van der Waals surface area contributed by atoms with Gasteiger partial charge in [-0.05, 0) is 74.0 Å². The minimum Gasteiger partial charge on any atom is -0.0996 e. The first-order valence-electron chi connectivity index (χ1n) is 10.2. The van der Waals surface area contributed by atoms with Crippen molar-refractivity contribution in [3.63, 3.8) is 0 Å². The van der Waals surface area contributed by atoms with E-state index >= 15 is 0 Å². The molecule has 3 aliphatic carbocycles. The summed E-state index contributed by atoms with van der Waals surface area (Å²) in [6.45, 7) is 15.6. The van der Waals surface area contributed by atoms with Gasteiger partial charge in [-0.3, -0.25) is 0 Å². The first-order valence-corrected chi connectivity index (χ1v) is 10.2. The molecule has 3 saturated carbocycles. The lowest BCUT2D eigenvalue weighted by molar-refractivity contribution is -0.0510. The first-order chi connectivity index (χ1) is 10.6. The number of allylic oxidation sites excluding steroid dienone is 1. The normalized spacial score (nSPS) is 44.1. The zero-order valence-electron chi connectivity index (χ0n) is 16.0. The van der Waals surface area contributed by atoms with Gasteiger partial charge in [-0.25, -0.2) is 0 Å². The molecule has 0 radical (unpaired) electrons. The monoisotopic (exact) mass is 304 g/mol. The van der Waals surface area contributed by atoms with Crippen molar-refractivity contribution in [2.45, 2.75) is 92.4 Å². The van der Waals surface area contributed by atoms with Crippen molar-refractivity contribution in [1.29, 1.82) is 0 Å². The molecule has 0 nitrogen and oxygen atoms in total. The van der Waals surface area contributed by atoms with Crippen LogP contribution in [0.1, 0.15) is 92.4 Å². The Kier molecular flexibility index (Phi) is 6.20. The molecule has 0 aromatic heterocycles. The molecule has 6 atom stereocenters. The number of rotatable bonds is 2. The van der Waals surface area contributed by atoms with Crippen LogP contribution in [-0.4, -0.2) is 0 Å². The van der Waals surface area contributed by atoms with Gasteiger partial charge in [-0.1, -0.05) is 65.5 Å². The zero-order valence-corrected chi connectivity index (χ0v) is 16.0. The van der Waals surface area contributed by atoms with E-state index in [2.05, 4.69) is 27.4 Å². The van der Waals surface area contributed by atoms with Crippen LogP contribution in [0.5, 0.6) is 0 Å². The van der Waals surface area contributed by atoms with Gasteiger partial charge in [0.15, 0.2) is 0 Å². The SMILES string of the molecule is C=C(C)C1(C)CCC2C3CCCCC3CCC2C1CC.CC. The number of fused-ring (bicyclic) bond motifs is 3. The summed E-state index contributed by atoms with van der Waals surface area (Å²) in [6, 6.07) is 0. The first kappa shape index (κ1) is 18.1. The molecular weight excluding hydrogens is 264 g/mol. The van der Waals surface area contributed by atoms with Gasteiger partial charge in [0.25, 0.3) is 0 Å². The maximum atomic E-state index is 4.37. The molecule has 6 unspecified atom stereocenters. The molecule has 0 spiro atoms. The molecule has 0 N–H and O–H groups in total. The molecule has 0 aromatic rings. The van der Waals surface area contributed by atoms with Crippen molar-refractivity contribution < 1.29 is 0 Å². The highest BCUT2D eigenvalue weighted by Crippen LogP contribution is 2.59. The third-order valence-electron chi connectivity index (χ3n) is 7.69. The van der Waals surface area contributed by atoms with Crippen LogP contribution in [0, 0.1) is 35.0 Å². The molecule has 22 heavy (non-hydrogen) atoms. The minimum atomic E-state index is 0.428. The Morgan fingerprint density at radius 2 is 1.64 bits per heavy atom. The Bertz CT molecular complexity index is 368. The molecule has 0 heteroatoms. The van der Waals surface area contributed by atoms with Crippen LogP contribution >= 0.6 is 0 Å². The Morgan fingerprint density at radius 1 is 0.955 bits per heavy atom. The Labute approximate surface area is 140 Å². The molecule has 0 saturated heterocycles. The molecule has 3 rings (SSSR count). The highest BCUT2D eigenvalue weighted by Gasteiger charge is 2.50. The molecule has 0 heterocycles. The van der Waals surface area contributed by atoms with Crippen LogP contribution in [0.3, 0.4) is 0 Å². The third kappa shape index (κ3) is 3.04. The van der Waals surface area contributed by atoms with E-state index in [1.807, 2.05) is 13.8 Å². The van der Waals surface area contributed by atoms with Crippen molar-refractivity contribution in [2.75, 3.05) is 0 Å². The minimum absolute atomic E-state index is 0.428. The summed E-state index contributed by atoms with van der Waals surface area (Å²) >= 11 is 0. The van der Waals surface area contributed by atoms with Gasteiger partial charge in [0, 0.05) is 0 Å². The number of hydrogen-bond acceptors (Lipinski definition) is 0. The molecule has 0 aliphatic heterocycles. The van der Waals surface area contributed by atoms with Gasteiger partial charge in [-0.15, -0.1) is 0 Å². The maximum absolute atomic E-state index is 4.37. The number of hydrogen-bond donors (Lipinski definition) is 0. The second kappa shape index (κ2) is 7.54. The highest BCUT2D eigenvalue weighted by atomic mass is 14.6. The average Bonchev–Trinajstić information content (AvgIpc) is 2.56. The Morgan fingerprint density at radius 3 is 2.27 bits per heavy atom. The fourth-order valence-electron chi connectivity index (χ4n) is 6.43. The van der Waals surface area contributed by atoms with Gasteiger partial charge in [0.2, 0.25) is 0 Å². The maximum Gasteiger partial charge on any atom is -0.00908 e. The predicted octanol–water partition coefficient (Wildman–Crippen LogP) is 7.25. The van der Waals surface area contributed by atoms with Gasteiger partial charge in [0.05, 0.1) is 0 Å². The predicted molar refractivity (Wildman–Crippen MR) is 98.9 cm³/mol. The zero-order chi connectivity index (χ0) is 16.3. The van der Waals surface area contributed by atoms with Gasteiger partial charge in [-0.2, -0.15) is 0 Å². The van der Waals surface area contributed by atoms with E-state index in [-0.39, 0.29) is 0 Å². The van der Waals surface area contributed by atoms with Gasteiger partial charge < -0.3 is 0 Å². The van der Waals surface area contributed by atoms with Crippen LogP contribution in [0.4, 0.5) is 0 Å². The van der Waals surface area contributed by atoms with Crippen LogP contribution in [-0.2, 0) is 0 Å². The molecule has 3 aliphatic rings. The van der Waals surface area contributed by atoms with E-state index in [9.17, 15) is 0 Å². The van der Waals surface area contributed by atoms with Gasteiger partial charge >= 0.3 is 0 Å². The average molecular weight is 305 g/mol. The summed E-state index contributed by atoms with van der Waals surface area (Å²) in [6.07, 6.45) is 13.4. The second-order valence-electron chi connectivity index (χ2n) is 8.36. The van der Waals surface area contributed by atoms with Crippen molar-refractivity contribution in [3.05, 3.63) is 12.2 Å². The van der Waals surface area contributed by atoms with E-state index < -0.39 is 0 Å². The van der Waals surface area contributed by atoms with Crippen molar-refractivity contribution in [3.8, 4) is 0 Å². The van der Waals surface area contributed by atoms with E-state index in [4.69, 9.17) is 0 Å². The smallest absolute Gasteiger partial charge is 0.00908 e. The quantitative estimate of drug-likeness (QED) is 0.471. The molecular formula is C22H40. The lowest BCUT2D eigenvalue weighted by atomic mass is 9.48. The van der Waals surface area contributed by atoms with E-state index in [1.165, 1.54) is 50.5 Å². The molecule has 0 amide bonds. The fourth-order valence-corrected chi connectivity index (χ4v) is 6.43. The Balaban J connectivity index is 0.000000847. The summed E-state index contributed by atoms with van der Waals surface area (Å²) < 4.78 is 0. The lowest BCUT2D eigenvalue weighted by Crippen LogP contribution is -2.48. The highest BCUT2D eigenvalue weighted by molar-refractivity contribution is 5.13. The second-order valence-corrected chi connectivity index (χ2v) is 8.36. The Hall–Kier alpha value is -0.260. The van der Waals surface area contributed by atoms with E-state index in [1.54, 1.807) is 12.8 Å². The fraction of sp³-hybridized carbons (Fsp3) is 0.909. The van der Waals surface area contributed by atoms with Crippen molar-refractivity contribution in [2.24, 2.45) is 35.0 Å². The van der Waals surface area contributed by atoms with E-state index in [0.717, 1.165) is 29.6 Å². The summed E-state index contributed by atoms with van der Waals surface area (Å²) in [4.78, 5) is 0. The van der Waals surface area contributed by atoms with Crippen LogP contribution in [0.15, 0.2) is 12.2 Å². The molecule has 0 bridgehead atoms. The van der Waals surface area contributed by atoms with Crippen LogP contribution in [0.2, 0.25) is 0 Å². The molecule has 128 valence electrons. The molecule has 3 fully saturated rings. The van der Waals surface area contributed by atoms with Crippen LogP contribution < -0.4 is 0 Å². The third-order valence-corrected chi connectivity index (χ3v) is 7.69. The largest absolute Gasteiger partial charge is 0.0996 e. The van der Waals surface area contributed by atoms with Gasteiger partial charge in [0.1, 0.15) is 0 Å². The topological polar surface area (TPSA) is 0 Å². The summed E-state index contributed by atoms with van der Waals surface area (Å²) in [5.74, 6) is 5.16. The molecule has 0 aromatic carbocycles. The standard InChI is InChI=1S/C20H34.C2H6/c1-5-19-18-11-10-15-8-6-7-9-16(15)17(18)12-13-20(19,4)14(2)3;1-2/h15-19H,2,5-13H2,1,3-4H3;1-2H3. The summed E-state index contributed by atoms with van der Waals surface area (Å²) in [5.41, 5.74) is 1.88. The summed E-state index contributed by atoms with van der Waals surface area (Å²) in [7, 11) is 0. The van der Waals surface area contributed by atoms with E-state index in [0.29, 0.717) is 5.41 Å². The van der Waals surface area contributed by atoms with Crippen molar-refractivity contribution in [1.82, 2.24) is 0 Å². The lowest BCUT2D eigenvalue weighted by Gasteiger charge is -2.57. The van der Waals surface area contributed by atoms with Crippen LogP contribution in [0.25, 0.3) is 0 Å².